The van der Waals surface area contributed by atoms with Gasteiger partial charge in [0.2, 0.25) is 5.91 Å². The monoisotopic (exact) mass is 246 g/mol. The Morgan fingerprint density at radius 1 is 1.50 bits per heavy atom. The summed E-state index contributed by atoms with van der Waals surface area (Å²) >= 11 is 0. The van der Waals surface area contributed by atoms with Gasteiger partial charge < -0.3 is 14.8 Å². The molecule has 1 aromatic rings. The van der Waals surface area contributed by atoms with E-state index in [9.17, 15) is 14.7 Å². The van der Waals surface area contributed by atoms with Crippen molar-refractivity contribution in [3.8, 4) is 0 Å². The molecule has 18 heavy (non-hydrogen) atoms. The maximum Gasteiger partial charge on any atom is 0.227 e. The van der Waals surface area contributed by atoms with Gasteiger partial charge in [-0.05, 0) is 24.5 Å². The highest BCUT2D eigenvalue weighted by atomic mass is 16.4. The molecule has 0 aromatic heterocycles. The van der Waals surface area contributed by atoms with Crippen molar-refractivity contribution in [2.45, 2.75) is 26.7 Å². The molecule has 0 aliphatic carbocycles. The molecule has 1 aromatic carbocycles. The molecule has 2 rings (SSSR count). The first-order chi connectivity index (χ1) is 8.54. The average molecular weight is 246 g/mol. The summed E-state index contributed by atoms with van der Waals surface area (Å²) in [4.78, 5) is 24.4. The number of carboxylic acid groups (broad SMARTS) is 1. The van der Waals surface area contributed by atoms with Gasteiger partial charge in [0.05, 0.1) is 0 Å². The lowest BCUT2D eigenvalue weighted by Gasteiger charge is -2.22. The molecular weight excluding hydrogens is 230 g/mol. The lowest BCUT2D eigenvalue weighted by molar-refractivity contribution is -0.310. The van der Waals surface area contributed by atoms with Gasteiger partial charge in [-0.3, -0.25) is 4.79 Å². The normalized spacial score (nSPS) is 19.3. The first-order valence-corrected chi connectivity index (χ1v) is 6.14. The quantitative estimate of drug-likeness (QED) is 0.787. The molecule has 96 valence electrons. The fraction of sp³-hybridized carbons (Fsp3) is 0.429. The number of aliphatic carboxylic acids is 1. The average Bonchev–Trinajstić information content (AvgIpc) is 2.71. The van der Waals surface area contributed by atoms with Gasteiger partial charge in [0.15, 0.2) is 0 Å². The Labute approximate surface area is 106 Å². The number of amides is 1. The molecule has 4 nitrogen and oxygen atoms in total. The van der Waals surface area contributed by atoms with Crippen molar-refractivity contribution in [3.05, 3.63) is 29.3 Å². The van der Waals surface area contributed by atoms with Crippen LogP contribution in [0.2, 0.25) is 0 Å². The van der Waals surface area contributed by atoms with E-state index in [2.05, 4.69) is 0 Å². The van der Waals surface area contributed by atoms with Crippen LogP contribution in [0.15, 0.2) is 18.2 Å². The fourth-order valence-corrected chi connectivity index (χ4v) is 2.47. The summed E-state index contributed by atoms with van der Waals surface area (Å²) in [5.41, 5.74) is 2.94. The van der Waals surface area contributed by atoms with Gasteiger partial charge in [-0.15, -0.1) is 0 Å². The lowest BCUT2D eigenvalue weighted by Crippen LogP contribution is -2.34. The van der Waals surface area contributed by atoms with E-state index in [1.165, 1.54) is 0 Å². The predicted molar refractivity (Wildman–Crippen MR) is 66.0 cm³/mol. The van der Waals surface area contributed by atoms with Gasteiger partial charge in [0.1, 0.15) is 0 Å². The Morgan fingerprint density at radius 2 is 2.22 bits per heavy atom. The van der Waals surface area contributed by atoms with Gasteiger partial charge in [-0.2, -0.15) is 0 Å². The highest BCUT2D eigenvalue weighted by Gasteiger charge is 2.32. The van der Waals surface area contributed by atoms with Crippen LogP contribution in [0, 0.1) is 12.8 Å². The van der Waals surface area contributed by atoms with Crippen molar-refractivity contribution in [2.24, 2.45) is 5.92 Å². The van der Waals surface area contributed by atoms with Gasteiger partial charge in [0, 0.05) is 30.5 Å². The summed E-state index contributed by atoms with van der Waals surface area (Å²) in [6.07, 6.45) is 0.858. The van der Waals surface area contributed by atoms with E-state index in [1.54, 1.807) is 4.90 Å². The lowest BCUT2D eigenvalue weighted by atomic mass is 10.0. The van der Waals surface area contributed by atoms with Crippen LogP contribution in [-0.4, -0.2) is 18.4 Å². The molecule has 1 aliphatic rings. The predicted octanol–water partition coefficient (Wildman–Crippen LogP) is 0.660. The van der Waals surface area contributed by atoms with E-state index in [4.69, 9.17) is 0 Å². The van der Waals surface area contributed by atoms with Gasteiger partial charge in [-0.25, -0.2) is 0 Å². The van der Waals surface area contributed by atoms with Gasteiger partial charge in [-0.1, -0.05) is 25.1 Å². The van der Waals surface area contributed by atoms with Gasteiger partial charge in [0.25, 0.3) is 0 Å². The first-order valence-electron chi connectivity index (χ1n) is 6.14. The van der Waals surface area contributed by atoms with Crippen molar-refractivity contribution in [2.75, 3.05) is 11.4 Å². The summed E-state index contributed by atoms with van der Waals surface area (Å²) in [6, 6.07) is 5.87. The summed E-state index contributed by atoms with van der Waals surface area (Å²) in [5, 5.41) is 10.9. The molecule has 1 heterocycles. The largest absolute Gasteiger partial charge is 0.550 e. The third-order valence-electron chi connectivity index (χ3n) is 3.43. The number of benzene rings is 1. The van der Waals surface area contributed by atoms with Crippen molar-refractivity contribution < 1.29 is 14.7 Å². The Balaban J connectivity index is 2.38. The van der Waals surface area contributed by atoms with Crippen molar-refractivity contribution in [1.82, 2.24) is 0 Å². The molecule has 0 saturated carbocycles. The van der Waals surface area contributed by atoms with E-state index in [1.807, 2.05) is 32.0 Å². The molecule has 1 atom stereocenters. The minimum Gasteiger partial charge on any atom is -0.550 e. The van der Waals surface area contributed by atoms with Crippen LogP contribution in [0.25, 0.3) is 0 Å². The van der Waals surface area contributed by atoms with Crippen LogP contribution in [0.5, 0.6) is 0 Å². The number of carbonyl (C=O) groups excluding carboxylic acids is 2. The fourth-order valence-electron chi connectivity index (χ4n) is 2.47. The summed E-state index contributed by atoms with van der Waals surface area (Å²) in [7, 11) is 0. The second-order valence-electron chi connectivity index (χ2n) is 4.66. The molecule has 0 unspecified atom stereocenters. The number of anilines is 1. The highest BCUT2D eigenvalue weighted by Crippen LogP contribution is 2.31. The van der Waals surface area contributed by atoms with Crippen LogP contribution in [-0.2, 0) is 16.0 Å². The SMILES string of the molecule is CCc1cccc(C)c1N1C[C@@H](C(=O)[O-])CC1=O. The Bertz CT molecular complexity index is 496. The van der Waals surface area contributed by atoms with Crippen molar-refractivity contribution in [1.29, 1.82) is 0 Å². The third kappa shape index (κ3) is 2.10. The maximum atomic E-state index is 11.9. The standard InChI is InChI=1S/C14H17NO3/c1-3-10-6-4-5-9(2)13(10)15-8-11(14(17)18)7-12(15)16/h4-6,11H,3,7-8H2,1-2H3,(H,17,18)/p-1/t11-/m0/s1. The maximum absolute atomic E-state index is 11.9. The Morgan fingerprint density at radius 3 is 2.78 bits per heavy atom. The highest BCUT2D eigenvalue weighted by molar-refractivity contribution is 6.00. The van der Waals surface area contributed by atoms with E-state index in [0.29, 0.717) is 0 Å². The van der Waals surface area contributed by atoms with E-state index >= 15 is 0 Å². The summed E-state index contributed by atoms with van der Waals surface area (Å²) < 4.78 is 0. The second kappa shape index (κ2) is 4.80. The minimum absolute atomic E-state index is 0.0415. The summed E-state index contributed by atoms with van der Waals surface area (Å²) in [5.74, 6) is -1.97. The number of carboxylic acids is 1. The molecule has 0 radical (unpaired) electrons. The van der Waals surface area contributed by atoms with Crippen LogP contribution in [0.3, 0.4) is 0 Å². The number of carbonyl (C=O) groups is 2. The van der Waals surface area contributed by atoms with Crippen LogP contribution in [0.4, 0.5) is 5.69 Å². The molecule has 1 aliphatic heterocycles. The molecular formula is C14H16NO3-. The number of hydrogen-bond donors (Lipinski definition) is 0. The topological polar surface area (TPSA) is 60.4 Å². The minimum atomic E-state index is -1.14. The molecule has 1 fully saturated rings. The molecule has 0 bridgehead atoms. The number of para-hydroxylation sites is 1. The molecule has 0 spiro atoms. The molecule has 1 amide bonds. The van der Waals surface area contributed by atoms with Crippen LogP contribution >= 0.6 is 0 Å². The second-order valence-corrected chi connectivity index (χ2v) is 4.66. The first kappa shape index (κ1) is 12.6. The third-order valence-corrected chi connectivity index (χ3v) is 3.43. The van der Waals surface area contributed by atoms with E-state index in [0.717, 1.165) is 23.2 Å². The Kier molecular flexibility index (Phi) is 3.36. The zero-order chi connectivity index (χ0) is 13.3. The van der Waals surface area contributed by atoms with Crippen LogP contribution in [0.1, 0.15) is 24.5 Å². The number of aryl methyl sites for hydroxylation is 2. The summed E-state index contributed by atoms with van der Waals surface area (Å²) in [6.45, 7) is 4.18. The molecule has 0 N–H and O–H groups in total. The van der Waals surface area contributed by atoms with E-state index < -0.39 is 11.9 Å². The number of nitrogens with zero attached hydrogens (tertiary/aromatic N) is 1. The Hall–Kier alpha value is -1.84. The van der Waals surface area contributed by atoms with Crippen LogP contribution < -0.4 is 10.0 Å². The number of hydrogen-bond acceptors (Lipinski definition) is 3. The van der Waals surface area contributed by atoms with Crippen molar-refractivity contribution >= 4 is 17.6 Å². The van der Waals surface area contributed by atoms with E-state index in [-0.39, 0.29) is 18.9 Å². The van der Waals surface area contributed by atoms with Crippen molar-refractivity contribution in [3.63, 3.8) is 0 Å². The molecule has 1 saturated heterocycles. The number of rotatable bonds is 3. The zero-order valence-corrected chi connectivity index (χ0v) is 10.6. The van der Waals surface area contributed by atoms with Gasteiger partial charge >= 0.3 is 0 Å². The smallest absolute Gasteiger partial charge is 0.227 e. The zero-order valence-electron chi connectivity index (χ0n) is 10.6. The molecule has 4 heteroatoms.